The smallest absolute Gasteiger partial charge is 0.155 e. The number of hydrogen-bond acceptors (Lipinski definition) is 2. The summed E-state index contributed by atoms with van der Waals surface area (Å²) in [6.45, 7) is 2.22. The predicted octanol–water partition coefficient (Wildman–Crippen LogP) is 3.88. The van der Waals surface area contributed by atoms with E-state index >= 15 is 0 Å². The van der Waals surface area contributed by atoms with Crippen molar-refractivity contribution in [1.82, 2.24) is 0 Å². The minimum atomic E-state index is -0.893. The lowest BCUT2D eigenvalue weighted by Gasteiger charge is -2.55. The number of carbonyl (C=O) groups excluding carboxylic acids is 1. The molecule has 0 amide bonds. The van der Waals surface area contributed by atoms with Crippen molar-refractivity contribution in [2.45, 2.75) is 70.3 Å². The zero-order valence-electron chi connectivity index (χ0n) is 14.2. The van der Waals surface area contributed by atoms with Crippen LogP contribution in [-0.4, -0.2) is 16.5 Å². The first-order valence-corrected chi connectivity index (χ1v) is 9.48. The summed E-state index contributed by atoms with van der Waals surface area (Å²) in [7, 11) is 0. The molecule has 0 bridgehead atoms. The molecule has 0 saturated heterocycles. The molecule has 0 aromatic carbocycles. The number of ketones is 1. The van der Waals surface area contributed by atoms with Gasteiger partial charge in [-0.1, -0.05) is 18.4 Å². The fourth-order valence-electron chi connectivity index (χ4n) is 6.96. The van der Waals surface area contributed by atoms with Gasteiger partial charge in [-0.25, -0.2) is 0 Å². The van der Waals surface area contributed by atoms with Gasteiger partial charge >= 0.3 is 0 Å². The summed E-state index contributed by atoms with van der Waals surface area (Å²) in [6.07, 6.45) is 16.9. The monoisotopic (exact) mass is 312 g/mol. The summed E-state index contributed by atoms with van der Waals surface area (Å²) >= 11 is 0. The molecule has 0 radical (unpaired) electrons. The third kappa shape index (κ3) is 1.96. The van der Waals surface area contributed by atoms with Gasteiger partial charge < -0.3 is 5.11 Å². The summed E-state index contributed by atoms with van der Waals surface area (Å²) in [6, 6.07) is 0. The number of terminal acetylenes is 1. The van der Waals surface area contributed by atoms with E-state index in [0.717, 1.165) is 44.9 Å². The molecule has 3 saturated carbocycles. The Balaban J connectivity index is 1.67. The lowest BCUT2D eigenvalue weighted by molar-refractivity contribution is -0.117. The van der Waals surface area contributed by atoms with Gasteiger partial charge in [0.2, 0.25) is 0 Å². The second-order valence-corrected chi connectivity index (χ2v) is 8.40. The molecular weight excluding hydrogens is 284 g/mol. The summed E-state index contributed by atoms with van der Waals surface area (Å²) in [5.74, 6) is 5.73. The second-order valence-electron chi connectivity index (χ2n) is 8.40. The SMILES string of the molecule is C#C[C@]1(O)CC[C@H]2[C@H]3CCC4=CC(=O)CC[C@@H]4[C@H]3CC[C@@]21CC. The Kier molecular flexibility index (Phi) is 3.50. The Morgan fingerprint density at radius 2 is 2.04 bits per heavy atom. The van der Waals surface area contributed by atoms with E-state index in [-0.39, 0.29) is 5.41 Å². The van der Waals surface area contributed by atoms with Crippen LogP contribution in [0.3, 0.4) is 0 Å². The molecule has 4 rings (SSSR count). The summed E-state index contributed by atoms with van der Waals surface area (Å²) < 4.78 is 0. The number of hydrogen-bond donors (Lipinski definition) is 1. The molecule has 0 aromatic rings. The summed E-state index contributed by atoms with van der Waals surface area (Å²) in [4.78, 5) is 11.8. The number of aliphatic hydroxyl groups is 1. The molecule has 0 aromatic heterocycles. The number of rotatable bonds is 1. The van der Waals surface area contributed by atoms with Crippen molar-refractivity contribution in [3.63, 3.8) is 0 Å². The van der Waals surface area contributed by atoms with Gasteiger partial charge in [-0.15, -0.1) is 6.42 Å². The molecule has 4 aliphatic carbocycles. The maximum absolute atomic E-state index is 11.8. The number of carbonyl (C=O) groups is 1. The first-order valence-electron chi connectivity index (χ1n) is 9.48. The highest BCUT2D eigenvalue weighted by atomic mass is 16.3. The summed E-state index contributed by atoms with van der Waals surface area (Å²) in [5, 5.41) is 11.1. The van der Waals surface area contributed by atoms with E-state index in [2.05, 4.69) is 12.8 Å². The number of allylic oxidation sites excluding steroid dienone is 1. The van der Waals surface area contributed by atoms with Crippen molar-refractivity contribution < 1.29 is 9.90 Å². The topological polar surface area (TPSA) is 37.3 Å². The van der Waals surface area contributed by atoms with Crippen LogP contribution in [0.25, 0.3) is 0 Å². The normalized spacial score (nSPS) is 48.7. The second kappa shape index (κ2) is 5.21. The zero-order chi connectivity index (χ0) is 16.2. The van der Waals surface area contributed by atoms with Crippen LogP contribution >= 0.6 is 0 Å². The third-order valence-electron chi connectivity index (χ3n) is 8.02. The van der Waals surface area contributed by atoms with Crippen LogP contribution in [0, 0.1) is 41.4 Å². The minimum Gasteiger partial charge on any atom is -0.377 e. The van der Waals surface area contributed by atoms with Crippen LogP contribution < -0.4 is 0 Å². The molecule has 6 atom stereocenters. The van der Waals surface area contributed by atoms with Gasteiger partial charge in [0.05, 0.1) is 0 Å². The van der Waals surface area contributed by atoms with Crippen LogP contribution in [0.15, 0.2) is 11.6 Å². The van der Waals surface area contributed by atoms with E-state index in [0.29, 0.717) is 29.5 Å². The zero-order valence-corrected chi connectivity index (χ0v) is 14.2. The van der Waals surface area contributed by atoms with Crippen LogP contribution in [0.4, 0.5) is 0 Å². The Hall–Kier alpha value is -1.07. The van der Waals surface area contributed by atoms with E-state index in [9.17, 15) is 9.90 Å². The van der Waals surface area contributed by atoms with E-state index in [1.807, 2.05) is 6.08 Å². The minimum absolute atomic E-state index is 0.0609. The van der Waals surface area contributed by atoms with Crippen LogP contribution in [-0.2, 0) is 4.79 Å². The fourth-order valence-corrected chi connectivity index (χ4v) is 6.96. The average Bonchev–Trinajstić information content (AvgIpc) is 2.88. The first kappa shape index (κ1) is 15.5. The molecule has 1 N–H and O–H groups in total. The van der Waals surface area contributed by atoms with Crippen LogP contribution in [0.5, 0.6) is 0 Å². The summed E-state index contributed by atoms with van der Waals surface area (Å²) in [5.41, 5.74) is 0.474. The van der Waals surface area contributed by atoms with Crippen molar-refractivity contribution in [3.05, 3.63) is 11.6 Å². The van der Waals surface area contributed by atoms with Gasteiger partial charge in [-0.05, 0) is 81.1 Å². The van der Waals surface area contributed by atoms with Crippen molar-refractivity contribution in [3.8, 4) is 12.3 Å². The molecule has 0 unspecified atom stereocenters. The van der Waals surface area contributed by atoms with Crippen LogP contribution in [0.2, 0.25) is 0 Å². The van der Waals surface area contributed by atoms with E-state index in [1.165, 1.54) is 18.4 Å². The standard InChI is InChI=1S/C21H28O2/c1-3-20-11-9-17-16-8-6-15(22)13-14(16)5-7-18(17)19(20)10-12-21(20,23)4-2/h2,13,16-19,23H,3,5-12H2,1H3/t16-,17+,18-,19-,20-,21-/m0/s1. The van der Waals surface area contributed by atoms with Crippen molar-refractivity contribution >= 4 is 5.78 Å². The molecule has 0 spiro atoms. The van der Waals surface area contributed by atoms with Gasteiger partial charge in [-0.3, -0.25) is 4.79 Å². The highest BCUT2D eigenvalue weighted by molar-refractivity contribution is 5.91. The quantitative estimate of drug-likeness (QED) is 0.746. The van der Waals surface area contributed by atoms with Crippen LogP contribution in [0.1, 0.15) is 64.7 Å². The third-order valence-corrected chi connectivity index (χ3v) is 8.02. The van der Waals surface area contributed by atoms with Gasteiger partial charge in [0.25, 0.3) is 0 Å². The van der Waals surface area contributed by atoms with Gasteiger partial charge in [-0.2, -0.15) is 0 Å². The first-order chi connectivity index (χ1) is 11.0. The molecule has 124 valence electrons. The van der Waals surface area contributed by atoms with E-state index in [4.69, 9.17) is 6.42 Å². The van der Waals surface area contributed by atoms with Gasteiger partial charge in [0, 0.05) is 11.8 Å². The Labute approximate surface area is 139 Å². The molecule has 0 aliphatic heterocycles. The Bertz CT molecular complexity index is 597. The molecule has 3 fully saturated rings. The molecule has 23 heavy (non-hydrogen) atoms. The van der Waals surface area contributed by atoms with Crippen molar-refractivity contribution in [2.24, 2.45) is 29.1 Å². The lowest BCUT2D eigenvalue weighted by Crippen LogP contribution is -2.53. The van der Waals surface area contributed by atoms with Crippen molar-refractivity contribution in [1.29, 1.82) is 0 Å². The van der Waals surface area contributed by atoms with E-state index < -0.39 is 5.60 Å². The Morgan fingerprint density at radius 3 is 2.78 bits per heavy atom. The molecule has 2 nitrogen and oxygen atoms in total. The maximum Gasteiger partial charge on any atom is 0.155 e. The van der Waals surface area contributed by atoms with Gasteiger partial charge in [0.15, 0.2) is 5.78 Å². The average molecular weight is 312 g/mol. The van der Waals surface area contributed by atoms with Crippen molar-refractivity contribution in [2.75, 3.05) is 0 Å². The predicted molar refractivity (Wildman–Crippen MR) is 90.5 cm³/mol. The van der Waals surface area contributed by atoms with E-state index in [1.54, 1.807) is 0 Å². The highest BCUT2D eigenvalue weighted by Crippen LogP contribution is 2.66. The van der Waals surface area contributed by atoms with Gasteiger partial charge in [0.1, 0.15) is 5.60 Å². The fraction of sp³-hybridized carbons (Fsp3) is 0.762. The molecule has 2 heteroatoms. The lowest BCUT2D eigenvalue weighted by atomic mass is 9.49. The molecule has 4 aliphatic rings. The highest BCUT2D eigenvalue weighted by Gasteiger charge is 2.63. The molecule has 0 heterocycles. The molecular formula is C21H28O2. The largest absolute Gasteiger partial charge is 0.377 e. The Morgan fingerprint density at radius 1 is 1.22 bits per heavy atom. The number of fused-ring (bicyclic) bond motifs is 5. The maximum atomic E-state index is 11.8.